The van der Waals surface area contributed by atoms with E-state index in [-0.39, 0.29) is 10.8 Å². The van der Waals surface area contributed by atoms with Gasteiger partial charge in [-0.1, -0.05) is 24.9 Å². The normalized spacial score (nSPS) is 18.2. The molecule has 0 aliphatic carbocycles. The van der Waals surface area contributed by atoms with Crippen molar-refractivity contribution in [2.24, 2.45) is 0 Å². The molecule has 0 radical (unpaired) electrons. The highest BCUT2D eigenvalue weighted by Crippen LogP contribution is 2.33. The first-order chi connectivity index (χ1) is 15.9. The number of aryl methyl sites for hydroxylation is 2. The maximum atomic E-state index is 13.3. The van der Waals surface area contributed by atoms with E-state index in [9.17, 15) is 13.2 Å². The fourth-order valence-electron chi connectivity index (χ4n) is 4.43. The maximum Gasteiger partial charge on any atom is 0.261 e. The number of nitrogens with zero attached hydrogens (tertiary/aromatic N) is 3. The molecule has 10 heteroatoms. The van der Waals surface area contributed by atoms with Crippen LogP contribution in [0.4, 0.5) is 11.4 Å². The highest BCUT2D eigenvalue weighted by molar-refractivity contribution is 7.89. The van der Waals surface area contributed by atoms with Crippen LogP contribution in [0.2, 0.25) is 0 Å². The molecule has 180 valence electrons. The van der Waals surface area contributed by atoms with Gasteiger partial charge in [0.1, 0.15) is 11.3 Å². The number of sulfonamides is 1. The van der Waals surface area contributed by atoms with Gasteiger partial charge >= 0.3 is 0 Å². The van der Waals surface area contributed by atoms with Crippen molar-refractivity contribution in [1.82, 2.24) is 9.46 Å². The van der Waals surface area contributed by atoms with Crippen LogP contribution in [0.25, 0.3) is 0 Å². The number of amides is 1. The minimum atomic E-state index is -3.70. The first-order valence-electron chi connectivity index (χ1n) is 11.6. The van der Waals surface area contributed by atoms with Crippen molar-refractivity contribution in [1.29, 1.82) is 0 Å². The van der Waals surface area contributed by atoms with E-state index in [1.807, 2.05) is 13.0 Å². The third-order valence-corrected chi connectivity index (χ3v) is 8.16. The Morgan fingerprint density at radius 2 is 1.79 bits per heavy atom. The van der Waals surface area contributed by atoms with E-state index >= 15 is 0 Å². The minimum absolute atomic E-state index is 0.163. The van der Waals surface area contributed by atoms with E-state index in [1.165, 1.54) is 17.1 Å². The molecule has 1 aromatic carbocycles. The largest absolute Gasteiger partial charge is 0.379 e. The van der Waals surface area contributed by atoms with Gasteiger partial charge in [-0.3, -0.25) is 4.79 Å². The minimum Gasteiger partial charge on any atom is -0.379 e. The van der Waals surface area contributed by atoms with Crippen molar-refractivity contribution >= 4 is 27.3 Å². The molecule has 2 aliphatic heterocycles. The zero-order valence-corrected chi connectivity index (χ0v) is 20.1. The Bertz CT molecular complexity index is 1080. The van der Waals surface area contributed by atoms with Crippen LogP contribution in [0.15, 0.2) is 27.6 Å². The van der Waals surface area contributed by atoms with Crippen molar-refractivity contribution in [3.05, 3.63) is 35.2 Å². The summed E-state index contributed by atoms with van der Waals surface area (Å²) in [5.74, 6) is 0.0976. The predicted octanol–water partition coefficient (Wildman–Crippen LogP) is 3.20. The number of benzene rings is 1. The lowest BCUT2D eigenvalue weighted by Gasteiger charge is -2.28. The Morgan fingerprint density at radius 3 is 2.45 bits per heavy atom. The molecular weight excluding hydrogens is 444 g/mol. The molecule has 0 bridgehead atoms. The molecule has 9 nitrogen and oxygen atoms in total. The van der Waals surface area contributed by atoms with Gasteiger partial charge in [-0.05, 0) is 44.4 Å². The number of carbonyl (C=O) groups excluding carboxylic acids is 1. The molecule has 2 fully saturated rings. The molecule has 0 atom stereocenters. The Kier molecular flexibility index (Phi) is 7.35. The van der Waals surface area contributed by atoms with E-state index in [0.717, 1.165) is 31.6 Å². The monoisotopic (exact) mass is 476 g/mol. The van der Waals surface area contributed by atoms with Gasteiger partial charge in [0.25, 0.3) is 5.91 Å². The molecule has 3 heterocycles. The molecular formula is C23H32N4O5S. The van der Waals surface area contributed by atoms with E-state index in [2.05, 4.69) is 15.4 Å². The smallest absolute Gasteiger partial charge is 0.261 e. The van der Waals surface area contributed by atoms with Crippen molar-refractivity contribution in [3.63, 3.8) is 0 Å². The average Bonchev–Trinajstić information content (AvgIpc) is 3.01. The highest BCUT2D eigenvalue weighted by atomic mass is 32.2. The Morgan fingerprint density at radius 1 is 1.09 bits per heavy atom. The molecule has 2 aromatic rings. The molecule has 33 heavy (non-hydrogen) atoms. The zero-order valence-electron chi connectivity index (χ0n) is 19.3. The average molecular weight is 477 g/mol. The predicted molar refractivity (Wildman–Crippen MR) is 125 cm³/mol. The summed E-state index contributed by atoms with van der Waals surface area (Å²) in [6.07, 6.45) is 5.02. The Labute approximate surface area is 195 Å². The number of anilines is 2. The third kappa shape index (κ3) is 5.07. The summed E-state index contributed by atoms with van der Waals surface area (Å²) >= 11 is 0. The summed E-state index contributed by atoms with van der Waals surface area (Å²) in [5.41, 5.74) is 2.30. The van der Waals surface area contributed by atoms with Crippen molar-refractivity contribution in [2.75, 3.05) is 49.6 Å². The molecule has 1 aromatic heterocycles. The molecule has 2 saturated heterocycles. The maximum absolute atomic E-state index is 13.3. The number of aromatic nitrogens is 1. The van der Waals surface area contributed by atoms with Gasteiger partial charge in [0.05, 0.1) is 35.2 Å². The van der Waals surface area contributed by atoms with Crippen LogP contribution >= 0.6 is 0 Å². The lowest BCUT2D eigenvalue weighted by molar-refractivity contribution is 0.0730. The second-order valence-electron chi connectivity index (χ2n) is 8.46. The van der Waals surface area contributed by atoms with Gasteiger partial charge in [0.2, 0.25) is 10.0 Å². The SMILES string of the molecule is CCc1noc(C)c1C(=O)Nc1cc(S(=O)(=O)N2CCOCC2)ccc1N1CCCCCC1. The summed E-state index contributed by atoms with van der Waals surface area (Å²) in [4.78, 5) is 15.6. The first-order valence-corrected chi connectivity index (χ1v) is 13.1. The van der Waals surface area contributed by atoms with Gasteiger partial charge in [-0.25, -0.2) is 8.42 Å². The van der Waals surface area contributed by atoms with Crippen molar-refractivity contribution in [3.8, 4) is 0 Å². The van der Waals surface area contributed by atoms with Crippen LogP contribution < -0.4 is 10.2 Å². The zero-order chi connectivity index (χ0) is 23.4. The standard InChI is InChI=1S/C23H32N4O5S/c1-3-19-22(17(2)32-25-19)23(28)24-20-16-18(33(29,30)27-12-14-31-15-13-27)8-9-21(20)26-10-6-4-5-7-11-26/h8-9,16H,3-7,10-15H2,1-2H3,(H,24,28). The second kappa shape index (κ2) is 10.2. The number of hydrogen-bond donors (Lipinski definition) is 1. The van der Waals surface area contributed by atoms with E-state index < -0.39 is 10.0 Å². The van der Waals surface area contributed by atoms with Crippen LogP contribution in [0.3, 0.4) is 0 Å². The van der Waals surface area contributed by atoms with E-state index in [0.29, 0.717) is 55.4 Å². The van der Waals surface area contributed by atoms with Crippen molar-refractivity contribution < 1.29 is 22.5 Å². The lowest BCUT2D eigenvalue weighted by Crippen LogP contribution is -2.40. The van der Waals surface area contributed by atoms with Crippen molar-refractivity contribution in [2.45, 2.75) is 50.8 Å². The number of ether oxygens (including phenoxy) is 1. The Balaban J connectivity index is 1.71. The highest BCUT2D eigenvalue weighted by Gasteiger charge is 2.28. The van der Waals surface area contributed by atoms with Crippen LogP contribution in [-0.4, -0.2) is 63.2 Å². The summed E-state index contributed by atoms with van der Waals surface area (Å²) in [6, 6.07) is 5.04. The van der Waals surface area contributed by atoms with Gasteiger partial charge < -0.3 is 19.5 Å². The van der Waals surface area contributed by atoms with E-state index in [1.54, 1.807) is 19.1 Å². The Hall–Kier alpha value is -2.43. The van der Waals surface area contributed by atoms with Gasteiger partial charge in [0.15, 0.2) is 0 Å². The molecule has 0 unspecified atom stereocenters. The molecule has 0 spiro atoms. The first kappa shape index (κ1) is 23.7. The van der Waals surface area contributed by atoms with Crippen LogP contribution in [0, 0.1) is 6.92 Å². The van der Waals surface area contributed by atoms with Gasteiger partial charge in [-0.15, -0.1) is 0 Å². The van der Waals surface area contributed by atoms with Gasteiger partial charge in [-0.2, -0.15) is 4.31 Å². The summed E-state index contributed by atoms with van der Waals surface area (Å²) < 4.78 is 38.5. The number of hydrogen-bond acceptors (Lipinski definition) is 7. The summed E-state index contributed by atoms with van der Waals surface area (Å²) in [6.45, 7) is 6.73. The molecule has 2 aliphatic rings. The molecule has 4 rings (SSSR count). The molecule has 1 N–H and O–H groups in total. The number of morpholine rings is 1. The fraction of sp³-hybridized carbons (Fsp3) is 0.565. The lowest BCUT2D eigenvalue weighted by atomic mass is 10.1. The number of rotatable bonds is 6. The topological polar surface area (TPSA) is 105 Å². The summed E-state index contributed by atoms with van der Waals surface area (Å²) in [5, 5.41) is 6.95. The fourth-order valence-corrected chi connectivity index (χ4v) is 5.87. The van der Waals surface area contributed by atoms with Gasteiger partial charge in [0, 0.05) is 26.2 Å². The summed E-state index contributed by atoms with van der Waals surface area (Å²) in [7, 11) is -3.70. The second-order valence-corrected chi connectivity index (χ2v) is 10.4. The molecule has 1 amide bonds. The van der Waals surface area contributed by atoms with E-state index in [4.69, 9.17) is 9.26 Å². The quantitative estimate of drug-likeness (QED) is 0.683. The molecule has 0 saturated carbocycles. The van der Waals surface area contributed by atoms with Crippen LogP contribution in [-0.2, 0) is 21.2 Å². The third-order valence-electron chi connectivity index (χ3n) is 6.27. The van der Waals surface area contributed by atoms with Crippen LogP contribution in [0.5, 0.6) is 0 Å². The number of carbonyl (C=O) groups is 1. The number of nitrogens with one attached hydrogen (secondary N) is 1. The van der Waals surface area contributed by atoms with Crippen LogP contribution in [0.1, 0.15) is 54.4 Å².